The van der Waals surface area contributed by atoms with Crippen molar-refractivity contribution in [2.75, 3.05) is 18.5 Å². The molecule has 7 heteroatoms. The lowest BCUT2D eigenvalue weighted by molar-refractivity contribution is 0.0950. The molecule has 0 aliphatic carbocycles. The smallest absolute Gasteiger partial charge is 0.264 e. The van der Waals surface area contributed by atoms with Crippen molar-refractivity contribution in [3.63, 3.8) is 0 Å². The van der Waals surface area contributed by atoms with E-state index < -0.39 is 10.0 Å². The second kappa shape index (κ2) is 9.22. The maximum atomic E-state index is 13.2. The van der Waals surface area contributed by atoms with E-state index >= 15 is 0 Å². The highest BCUT2D eigenvalue weighted by Gasteiger charge is 2.25. The van der Waals surface area contributed by atoms with Crippen molar-refractivity contribution in [2.45, 2.75) is 25.3 Å². The van der Waals surface area contributed by atoms with Crippen LogP contribution in [0.1, 0.15) is 27.0 Å². The van der Waals surface area contributed by atoms with Crippen LogP contribution < -0.4 is 14.4 Å². The largest absolute Gasteiger partial charge is 0.495 e. The molecule has 3 rings (SSSR count). The summed E-state index contributed by atoms with van der Waals surface area (Å²) in [7, 11) is -0.946. The molecule has 31 heavy (non-hydrogen) atoms. The lowest BCUT2D eigenvalue weighted by Crippen LogP contribution is -2.28. The molecule has 0 atom stereocenters. The Morgan fingerprint density at radius 1 is 1.00 bits per heavy atom. The Bertz CT molecular complexity index is 1190. The zero-order valence-corrected chi connectivity index (χ0v) is 18.9. The molecular weight excluding hydrogens is 412 g/mol. The van der Waals surface area contributed by atoms with Crippen LogP contribution in [0.5, 0.6) is 5.75 Å². The number of hydrogen-bond acceptors (Lipinski definition) is 4. The minimum Gasteiger partial charge on any atom is -0.495 e. The first-order valence-electron chi connectivity index (χ1n) is 9.80. The number of anilines is 1. The van der Waals surface area contributed by atoms with Gasteiger partial charge in [-0.2, -0.15) is 0 Å². The summed E-state index contributed by atoms with van der Waals surface area (Å²) in [5.41, 5.74) is 3.54. The molecule has 162 valence electrons. The molecule has 0 heterocycles. The van der Waals surface area contributed by atoms with E-state index in [4.69, 9.17) is 4.74 Å². The molecule has 0 saturated carbocycles. The van der Waals surface area contributed by atoms with E-state index in [-0.39, 0.29) is 10.8 Å². The summed E-state index contributed by atoms with van der Waals surface area (Å²) in [4.78, 5) is 12.8. The predicted octanol–water partition coefficient (Wildman–Crippen LogP) is 4.07. The van der Waals surface area contributed by atoms with Crippen LogP contribution in [0.4, 0.5) is 5.69 Å². The summed E-state index contributed by atoms with van der Waals surface area (Å²) in [5, 5.41) is 2.87. The van der Waals surface area contributed by atoms with Gasteiger partial charge in [-0.1, -0.05) is 48.0 Å². The van der Waals surface area contributed by atoms with Crippen molar-refractivity contribution in [3.05, 3.63) is 89.0 Å². The quantitative estimate of drug-likeness (QED) is 0.603. The minimum atomic E-state index is -3.90. The molecular formula is C24H26N2O4S. The van der Waals surface area contributed by atoms with E-state index in [1.54, 1.807) is 37.3 Å². The van der Waals surface area contributed by atoms with Crippen molar-refractivity contribution in [2.24, 2.45) is 0 Å². The summed E-state index contributed by atoms with van der Waals surface area (Å²) in [6, 6.07) is 19.3. The average molecular weight is 439 g/mol. The van der Waals surface area contributed by atoms with Gasteiger partial charge in [0, 0.05) is 19.2 Å². The molecule has 0 bridgehead atoms. The van der Waals surface area contributed by atoms with Gasteiger partial charge in [-0.05, 0) is 49.2 Å². The Balaban J connectivity index is 1.86. The fraction of sp³-hybridized carbons (Fsp3) is 0.208. The highest BCUT2D eigenvalue weighted by Crippen LogP contribution is 2.31. The Kier molecular flexibility index (Phi) is 6.65. The number of benzene rings is 3. The van der Waals surface area contributed by atoms with Crippen molar-refractivity contribution >= 4 is 21.6 Å². The number of nitrogens with one attached hydrogen (secondary N) is 1. The highest BCUT2D eigenvalue weighted by molar-refractivity contribution is 7.92. The lowest BCUT2D eigenvalue weighted by atomic mass is 10.1. The molecule has 0 aliphatic heterocycles. The number of para-hydroxylation sites is 2. The van der Waals surface area contributed by atoms with Gasteiger partial charge in [-0.25, -0.2) is 8.42 Å². The molecule has 0 saturated heterocycles. The summed E-state index contributed by atoms with van der Waals surface area (Å²) in [6.45, 7) is 4.14. The Morgan fingerprint density at radius 2 is 1.68 bits per heavy atom. The maximum absolute atomic E-state index is 13.2. The third kappa shape index (κ3) is 4.88. The van der Waals surface area contributed by atoms with Crippen molar-refractivity contribution in [3.8, 4) is 5.75 Å². The van der Waals surface area contributed by atoms with Crippen molar-refractivity contribution in [1.29, 1.82) is 0 Å². The van der Waals surface area contributed by atoms with Gasteiger partial charge in [0.15, 0.2) is 0 Å². The van der Waals surface area contributed by atoms with Gasteiger partial charge >= 0.3 is 0 Å². The summed E-state index contributed by atoms with van der Waals surface area (Å²) < 4.78 is 32.9. The topological polar surface area (TPSA) is 75.7 Å². The van der Waals surface area contributed by atoms with Gasteiger partial charge in [0.05, 0.1) is 17.7 Å². The molecule has 0 fully saturated rings. The van der Waals surface area contributed by atoms with Crippen LogP contribution in [-0.4, -0.2) is 28.5 Å². The minimum absolute atomic E-state index is 0.0343. The number of nitrogens with zero attached hydrogens (tertiary/aromatic N) is 1. The third-order valence-corrected chi connectivity index (χ3v) is 6.88. The standard InChI is InChI=1S/C24H26N2O4S/c1-17-9-12-19(13-10-17)16-25-24(27)21-15-20(14-11-18(21)2)31(28,29)26(3)22-7-5-6-8-23(22)30-4/h5-15H,16H2,1-4H3,(H,25,27). The van der Waals surface area contributed by atoms with Crippen LogP contribution >= 0.6 is 0 Å². The third-order valence-electron chi connectivity index (χ3n) is 5.11. The van der Waals surface area contributed by atoms with Gasteiger partial charge in [-0.15, -0.1) is 0 Å². The molecule has 3 aromatic rings. The van der Waals surface area contributed by atoms with Crippen molar-refractivity contribution < 1.29 is 17.9 Å². The Morgan fingerprint density at radius 3 is 2.35 bits per heavy atom. The second-order valence-electron chi connectivity index (χ2n) is 7.29. The monoisotopic (exact) mass is 438 g/mol. The molecule has 0 radical (unpaired) electrons. The van der Waals surface area contributed by atoms with E-state index in [1.807, 2.05) is 31.2 Å². The normalized spacial score (nSPS) is 11.1. The van der Waals surface area contributed by atoms with Gasteiger partial charge in [-0.3, -0.25) is 9.10 Å². The first-order chi connectivity index (χ1) is 14.7. The van der Waals surface area contributed by atoms with Crippen LogP contribution in [-0.2, 0) is 16.6 Å². The molecule has 0 unspecified atom stereocenters. The number of carbonyl (C=O) groups excluding carboxylic acids is 1. The number of carbonyl (C=O) groups is 1. The van der Waals surface area contributed by atoms with E-state index in [1.165, 1.54) is 26.3 Å². The van der Waals surface area contributed by atoms with Crippen molar-refractivity contribution in [1.82, 2.24) is 5.32 Å². The number of aryl methyl sites for hydroxylation is 2. The van der Waals surface area contributed by atoms with E-state index in [2.05, 4.69) is 5.32 Å². The van der Waals surface area contributed by atoms with E-state index in [0.29, 0.717) is 29.1 Å². The van der Waals surface area contributed by atoms with Crippen LogP contribution in [0.25, 0.3) is 0 Å². The second-order valence-corrected chi connectivity index (χ2v) is 9.26. The van der Waals surface area contributed by atoms with Gasteiger partial charge < -0.3 is 10.1 Å². The maximum Gasteiger partial charge on any atom is 0.264 e. The van der Waals surface area contributed by atoms with Crippen LogP contribution in [0, 0.1) is 13.8 Å². The van der Waals surface area contributed by atoms with Gasteiger partial charge in [0.25, 0.3) is 15.9 Å². The highest BCUT2D eigenvalue weighted by atomic mass is 32.2. The first kappa shape index (κ1) is 22.4. The lowest BCUT2D eigenvalue weighted by Gasteiger charge is -2.22. The fourth-order valence-corrected chi connectivity index (χ4v) is 4.40. The number of sulfonamides is 1. The van der Waals surface area contributed by atoms with Gasteiger partial charge in [0.2, 0.25) is 0 Å². The number of methoxy groups -OCH3 is 1. The number of rotatable bonds is 7. The zero-order chi connectivity index (χ0) is 22.6. The number of hydrogen-bond donors (Lipinski definition) is 1. The molecule has 0 aliphatic rings. The first-order valence-corrected chi connectivity index (χ1v) is 11.2. The fourth-order valence-electron chi connectivity index (χ4n) is 3.17. The molecule has 3 aromatic carbocycles. The summed E-state index contributed by atoms with van der Waals surface area (Å²) in [5.74, 6) is 0.117. The predicted molar refractivity (Wildman–Crippen MR) is 122 cm³/mol. The van der Waals surface area contributed by atoms with Crippen LogP contribution in [0.15, 0.2) is 71.6 Å². The molecule has 6 nitrogen and oxygen atoms in total. The van der Waals surface area contributed by atoms with E-state index in [0.717, 1.165) is 15.4 Å². The zero-order valence-electron chi connectivity index (χ0n) is 18.0. The molecule has 1 amide bonds. The number of ether oxygens (including phenoxy) is 1. The Labute approximate surface area is 183 Å². The summed E-state index contributed by atoms with van der Waals surface area (Å²) >= 11 is 0. The van der Waals surface area contributed by atoms with Crippen LogP contribution in [0.3, 0.4) is 0 Å². The molecule has 0 spiro atoms. The van der Waals surface area contributed by atoms with E-state index in [9.17, 15) is 13.2 Å². The average Bonchev–Trinajstić information content (AvgIpc) is 2.78. The summed E-state index contributed by atoms with van der Waals surface area (Å²) in [6.07, 6.45) is 0. The SMILES string of the molecule is COc1ccccc1N(C)S(=O)(=O)c1ccc(C)c(C(=O)NCc2ccc(C)cc2)c1. The molecule has 0 aromatic heterocycles. The van der Waals surface area contributed by atoms with Gasteiger partial charge in [0.1, 0.15) is 5.75 Å². The Hall–Kier alpha value is -3.32. The number of amides is 1. The molecule has 1 N–H and O–H groups in total. The van der Waals surface area contributed by atoms with Crippen LogP contribution in [0.2, 0.25) is 0 Å².